The summed E-state index contributed by atoms with van der Waals surface area (Å²) < 4.78 is 76.4. The number of hydrogen-bond acceptors (Lipinski definition) is 6. The van der Waals surface area contributed by atoms with E-state index in [-0.39, 0.29) is 45.7 Å². The molecule has 1 fully saturated rings. The van der Waals surface area contributed by atoms with Crippen LogP contribution in [0.15, 0.2) is 70.0 Å². The predicted molar refractivity (Wildman–Crippen MR) is 160 cm³/mol. The van der Waals surface area contributed by atoms with Crippen LogP contribution in [0, 0.1) is 12.7 Å². The predicted octanol–water partition coefficient (Wildman–Crippen LogP) is 5.24. The monoisotopic (exact) mass is 613 g/mol. The van der Waals surface area contributed by atoms with Crippen LogP contribution in [0.1, 0.15) is 47.2 Å². The number of amides is 1. The van der Waals surface area contributed by atoms with Crippen molar-refractivity contribution < 1.29 is 30.4 Å². The van der Waals surface area contributed by atoms with Crippen LogP contribution >= 0.6 is 0 Å². The molecule has 9 nitrogen and oxygen atoms in total. The lowest BCUT2D eigenvalue weighted by molar-refractivity contribution is 0.0964. The number of rotatable bonds is 8. The second kappa shape index (κ2) is 11.5. The summed E-state index contributed by atoms with van der Waals surface area (Å²) in [6, 6.07) is 15.5. The number of carbonyl (C=O) groups excluding carboxylic acids is 1. The van der Waals surface area contributed by atoms with Crippen molar-refractivity contribution in [1.82, 2.24) is 9.62 Å². The number of hydrogen-bond donors (Lipinski definition) is 2. The summed E-state index contributed by atoms with van der Waals surface area (Å²) >= 11 is 0. The number of nitrogens with one attached hydrogen (secondary N) is 2. The molecule has 0 radical (unpaired) electrons. The standard InChI is InChI=1S/C30H32FN3O6S2/c1-4-41(36,37)33-26-17-27-25(28(30(35)32-3)29(40-27)20-10-12-22(31)13-11-20)16-24(26)21-8-6-14-34(18-21)42(38,39)23-9-5-7-19(2)15-23/h5,7,9-13,15-17,21,33H,4,6,8,14,18H2,1-3H3,(H,32,35)/t21-/m0/s1. The zero-order chi connectivity index (χ0) is 30.2. The summed E-state index contributed by atoms with van der Waals surface area (Å²) in [4.78, 5) is 13.3. The average Bonchev–Trinajstić information content (AvgIpc) is 3.35. The van der Waals surface area contributed by atoms with Gasteiger partial charge in [-0.15, -0.1) is 0 Å². The Morgan fingerprint density at radius 3 is 2.48 bits per heavy atom. The summed E-state index contributed by atoms with van der Waals surface area (Å²) in [7, 11) is -6.04. The molecule has 2 N–H and O–H groups in total. The van der Waals surface area contributed by atoms with Crippen LogP contribution in [0.25, 0.3) is 22.3 Å². The van der Waals surface area contributed by atoms with Gasteiger partial charge in [0.25, 0.3) is 5.91 Å². The maximum atomic E-state index is 13.7. The fraction of sp³-hybridized carbons (Fsp3) is 0.300. The zero-order valence-corrected chi connectivity index (χ0v) is 25.1. The third-order valence-electron chi connectivity index (χ3n) is 7.52. The fourth-order valence-electron chi connectivity index (χ4n) is 5.32. The van der Waals surface area contributed by atoms with E-state index in [4.69, 9.17) is 4.42 Å². The first-order valence-corrected chi connectivity index (χ1v) is 16.7. The molecule has 1 atom stereocenters. The molecule has 1 aliphatic heterocycles. The highest BCUT2D eigenvalue weighted by atomic mass is 32.2. The molecule has 0 saturated carbocycles. The third-order valence-corrected chi connectivity index (χ3v) is 10.7. The van der Waals surface area contributed by atoms with Crippen molar-refractivity contribution in [1.29, 1.82) is 0 Å². The summed E-state index contributed by atoms with van der Waals surface area (Å²) in [5.74, 6) is -1.23. The lowest BCUT2D eigenvalue weighted by atomic mass is 9.89. The van der Waals surface area contributed by atoms with E-state index in [0.29, 0.717) is 35.9 Å². The van der Waals surface area contributed by atoms with Crippen LogP contribution in [-0.4, -0.2) is 52.9 Å². The van der Waals surface area contributed by atoms with Gasteiger partial charge in [0.15, 0.2) is 0 Å². The van der Waals surface area contributed by atoms with Crippen molar-refractivity contribution in [3.63, 3.8) is 0 Å². The number of sulfonamides is 2. The lowest BCUT2D eigenvalue weighted by Gasteiger charge is -2.33. The van der Waals surface area contributed by atoms with Gasteiger partial charge in [-0.1, -0.05) is 12.1 Å². The highest BCUT2D eigenvalue weighted by Gasteiger charge is 2.33. The highest BCUT2D eigenvalue weighted by Crippen LogP contribution is 2.41. The molecule has 42 heavy (non-hydrogen) atoms. The Labute approximate surface area is 244 Å². The molecular formula is C30H32FN3O6S2. The molecule has 1 saturated heterocycles. The van der Waals surface area contributed by atoms with Crippen LogP contribution in [0.3, 0.4) is 0 Å². The maximum Gasteiger partial charge on any atom is 0.255 e. The molecule has 1 amide bonds. The lowest BCUT2D eigenvalue weighted by Crippen LogP contribution is -2.39. The van der Waals surface area contributed by atoms with Crippen LogP contribution in [0.2, 0.25) is 0 Å². The van der Waals surface area contributed by atoms with E-state index in [9.17, 15) is 26.0 Å². The number of aryl methyl sites for hydroxylation is 1. The minimum absolute atomic E-state index is 0.126. The second-order valence-corrected chi connectivity index (χ2v) is 14.3. The van der Waals surface area contributed by atoms with Crippen LogP contribution in [0.4, 0.5) is 10.1 Å². The van der Waals surface area contributed by atoms with Gasteiger partial charge in [-0.2, -0.15) is 4.31 Å². The normalized spacial score (nSPS) is 16.4. The maximum absolute atomic E-state index is 13.7. The molecule has 0 aliphatic carbocycles. The number of piperidine rings is 1. The number of benzene rings is 3. The van der Waals surface area contributed by atoms with E-state index in [2.05, 4.69) is 10.0 Å². The molecule has 222 valence electrons. The molecule has 0 bridgehead atoms. The summed E-state index contributed by atoms with van der Waals surface area (Å²) in [5.41, 5.74) is 2.57. The van der Waals surface area contributed by atoms with Crippen molar-refractivity contribution in [2.24, 2.45) is 0 Å². The first-order chi connectivity index (χ1) is 19.9. The van der Waals surface area contributed by atoms with E-state index in [1.165, 1.54) is 48.6 Å². The van der Waals surface area contributed by atoms with Gasteiger partial charge in [0.05, 0.1) is 21.9 Å². The Morgan fingerprint density at radius 1 is 1.07 bits per heavy atom. The molecule has 4 aromatic rings. The van der Waals surface area contributed by atoms with E-state index in [1.807, 2.05) is 13.0 Å². The first-order valence-electron chi connectivity index (χ1n) is 13.6. The summed E-state index contributed by atoms with van der Waals surface area (Å²) in [5, 5.41) is 3.05. The molecule has 12 heteroatoms. The Hall–Kier alpha value is -3.74. The van der Waals surface area contributed by atoms with Crippen LogP contribution in [0.5, 0.6) is 0 Å². The van der Waals surface area contributed by atoms with Gasteiger partial charge >= 0.3 is 0 Å². The molecule has 1 aromatic heterocycles. The van der Waals surface area contributed by atoms with Gasteiger partial charge in [0, 0.05) is 37.2 Å². The van der Waals surface area contributed by atoms with E-state index >= 15 is 0 Å². The van der Waals surface area contributed by atoms with E-state index in [1.54, 1.807) is 24.3 Å². The second-order valence-electron chi connectivity index (χ2n) is 10.4. The Balaban J connectivity index is 1.66. The topological polar surface area (TPSA) is 126 Å². The average molecular weight is 614 g/mol. The minimum Gasteiger partial charge on any atom is -0.455 e. The third kappa shape index (κ3) is 5.79. The van der Waals surface area contributed by atoms with E-state index < -0.39 is 31.8 Å². The molecule has 3 aromatic carbocycles. The van der Waals surface area contributed by atoms with Gasteiger partial charge in [-0.3, -0.25) is 9.52 Å². The SMILES string of the molecule is CCS(=O)(=O)Nc1cc2oc(-c3ccc(F)cc3)c(C(=O)NC)c2cc1[C@H]1CCCN(S(=O)(=O)c2cccc(C)c2)C1. The molecule has 5 rings (SSSR count). The number of carbonyl (C=O) groups is 1. The zero-order valence-electron chi connectivity index (χ0n) is 23.5. The highest BCUT2D eigenvalue weighted by molar-refractivity contribution is 7.92. The molecule has 1 aliphatic rings. The van der Waals surface area contributed by atoms with Gasteiger partial charge in [0.1, 0.15) is 17.2 Å². The van der Waals surface area contributed by atoms with Crippen molar-refractivity contribution in [3.05, 3.63) is 83.2 Å². The quantitative estimate of drug-likeness (QED) is 0.280. The van der Waals surface area contributed by atoms with Crippen molar-refractivity contribution in [3.8, 4) is 11.3 Å². The van der Waals surface area contributed by atoms with Gasteiger partial charge < -0.3 is 9.73 Å². The molecule has 0 spiro atoms. The van der Waals surface area contributed by atoms with Crippen molar-refractivity contribution in [2.75, 3.05) is 30.6 Å². The first kappa shape index (κ1) is 29.7. The number of halogens is 1. The minimum atomic E-state index is -3.80. The summed E-state index contributed by atoms with van der Waals surface area (Å²) in [6.45, 7) is 3.80. The molecule has 0 unspecified atom stereocenters. The van der Waals surface area contributed by atoms with Gasteiger partial charge in [-0.25, -0.2) is 21.2 Å². The fourth-order valence-corrected chi connectivity index (χ4v) is 7.61. The van der Waals surface area contributed by atoms with Crippen LogP contribution < -0.4 is 10.0 Å². The Morgan fingerprint density at radius 2 is 1.81 bits per heavy atom. The largest absolute Gasteiger partial charge is 0.455 e. The van der Waals surface area contributed by atoms with Crippen molar-refractivity contribution >= 4 is 42.6 Å². The number of anilines is 1. The van der Waals surface area contributed by atoms with E-state index in [0.717, 1.165) is 5.56 Å². The van der Waals surface area contributed by atoms with Gasteiger partial charge in [0.2, 0.25) is 20.0 Å². The summed E-state index contributed by atoms with van der Waals surface area (Å²) in [6.07, 6.45) is 1.16. The van der Waals surface area contributed by atoms with Crippen LogP contribution in [-0.2, 0) is 20.0 Å². The van der Waals surface area contributed by atoms with Gasteiger partial charge in [-0.05, 0) is 86.2 Å². The number of fused-ring (bicyclic) bond motifs is 1. The molecular weight excluding hydrogens is 581 g/mol. The number of furan rings is 1. The Kier molecular flexibility index (Phi) is 8.15. The molecule has 2 heterocycles. The number of nitrogens with zero attached hydrogens (tertiary/aromatic N) is 1. The Bertz CT molecular complexity index is 1870. The van der Waals surface area contributed by atoms with Crippen molar-refractivity contribution in [2.45, 2.75) is 37.5 Å². The smallest absolute Gasteiger partial charge is 0.255 e.